The minimum absolute atomic E-state index is 0.119. The van der Waals surface area contributed by atoms with Gasteiger partial charge in [-0.05, 0) is 18.6 Å². The standard InChI is InChI=1S/C14H19NO2S/c1-2-17-14(16)7-8-15-9-11-10-18-13-6-4-3-5-12(11)13/h3-6,11,15H,2,7-10H2,1H3. The molecule has 0 amide bonds. The van der Waals surface area contributed by atoms with Crippen LogP contribution < -0.4 is 5.32 Å². The Morgan fingerprint density at radius 1 is 1.50 bits per heavy atom. The molecule has 0 fully saturated rings. The van der Waals surface area contributed by atoms with Crippen LogP contribution in [0.4, 0.5) is 0 Å². The molecule has 1 aliphatic rings. The van der Waals surface area contributed by atoms with Crippen LogP contribution in [0.15, 0.2) is 29.2 Å². The summed E-state index contributed by atoms with van der Waals surface area (Å²) in [4.78, 5) is 12.6. The molecule has 0 aliphatic carbocycles. The number of carbonyl (C=O) groups excluding carboxylic acids is 1. The molecule has 0 bridgehead atoms. The Morgan fingerprint density at radius 2 is 2.33 bits per heavy atom. The van der Waals surface area contributed by atoms with Crippen molar-refractivity contribution in [2.75, 3.05) is 25.4 Å². The van der Waals surface area contributed by atoms with Crippen molar-refractivity contribution in [3.63, 3.8) is 0 Å². The van der Waals surface area contributed by atoms with E-state index in [4.69, 9.17) is 4.74 Å². The van der Waals surface area contributed by atoms with Crippen molar-refractivity contribution >= 4 is 17.7 Å². The van der Waals surface area contributed by atoms with Gasteiger partial charge in [-0.15, -0.1) is 11.8 Å². The van der Waals surface area contributed by atoms with Crippen LogP contribution in [0.2, 0.25) is 0 Å². The number of thioether (sulfide) groups is 1. The van der Waals surface area contributed by atoms with Crippen molar-refractivity contribution in [3.05, 3.63) is 29.8 Å². The van der Waals surface area contributed by atoms with Crippen molar-refractivity contribution in [3.8, 4) is 0 Å². The summed E-state index contributed by atoms with van der Waals surface area (Å²) < 4.78 is 4.89. The number of benzene rings is 1. The van der Waals surface area contributed by atoms with Crippen molar-refractivity contribution in [1.82, 2.24) is 5.32 Å². The van der Waals surface area contributed by atoms with Gasteiger partial charge >= 0.3 is 5.97 Å². The zero-order valence-corrected chi connectivity index (χ0v) is 11.5. The Morgan fingerprint density at radius 3 is 3.17 bits per heavy atom. The van der Waals surface area contributed by atoms with Crippen LogP contribution in [0.1, 0.15) is 24.8 Å². The molecule has 1 aromatic carbocycles. The zero-order valence-electron chi connectivity index (χ0n) is 10.6. The molecule has 4 heteroatoms. The van der Waals surface area contributed by atoms with Crippen molar-refractivity contribution in [2.45, 2.75) is 24.2 Å². The van der Waals surface area contributed by atoms with E-state index in [0.717, 1.165) is 12.3 Å². The van der Waals surface area contributed by atoms with Gasteiger partial charge in [0, 0.05) is 29.7 Å². The van der Waals surface area contributed by atoms with Crippen molar-refractivity contribution < 1.29 is 9.53 Å². The minimum atomic E-state index is -0.119. The highest BCUT2D eigenvalue weighted by Crippen LogP contribution is 2.38. The van der Waals surface area contributed by atoms with Crippen LogP contribution in [-0.2, 0) is 9.53 Å². The topological polar surface area (TPSA) is 38.3 Å². The van der Waals surface area contributed by atoms with E-state index in [2.05, 4.69) is 29.6 Å². The number of nitrogens with one attached hydrogen (secondary N) is 1. The number of esters is 1. The second-order valence-electron chi connectivity index (χ2n) is 4.30. The van der Waals surface area contributed by atoms with E-state index in [0.29, 0.717) is 25.5 Å². The SMILES string of the molecule is CCOC(=O)CCNCC1CSc2ccccc21. The monoisotopic (exact) mass is 265 g/mol. The average Bonchev–Trinajstić information content (AvgIpc) is 2.78. The summed E-state index contributed by atoms with van der Waals surface area (Å²) >= 11 is 1.92. The van der Waals surface area contributed by atoms with Gasteiger partial charge in [0.25, 0.3) is 0 Å². The number of ether oxygens (including phenoxy) is 1. The third kappa shape index (κ3) is 3.50. The molecule has 1 N–H and O–H groups in total. The summed E-state index contributed by atoms with van der Waals surface area (Å²) in [5.41, 5.74) is 1.44. The van der Waals surface area contributed by atoms with E-state index >= 15 is 0 Å². The summed E-state index contributed by atoms with van der Waals surface area (Å²) in [5, 5.41) is 3.34. The Labute approximate surface area is 112 Å². The molecule has 1 heterocycles. The quantitative estimate of drug-likeness (QED) is 0.633. The lowest BCUT2D eigenvalue weighted by molar-refractivity contribution is -0.142. The zero-order chi connectivity index (χ0) is 12.8. The maximum atomic E-state index is 11.2. The summed E-state index contributed by atoms with van der Waals surface area (Å²) in [5.74, 6) is 1.57. The largest absolute Gasteiger partial charge is 0.466 e. The molecule has 1 aromatic rings. The first-order chi connectivity index (χ1) is 8.81. The maximum Gasteiger partial charge on any atom is 0.307 e. The van der Waals surface area contributed by atoms with Gasteiger partial charge in [-0.25, -0.2) is 0 Å². The van der Waals surface area contributed by atoms with Gasteiger partial charge in [0.15, 0.2) is 0 Å². The third-order valence-corrected chi connectivity index (χ3v) is 4.25. The Bertz CT molecular complexity index is 409. The molecule has 0 saturated heterocycles. The summed E-state index contributed by atoms with van der Waals surface area (Å²) in [6, 6.07) is 8.56. The molecule has 0 aromatic heterocycles. The van der Waals surface area contributed by atoms with E-state index in [-0.39, 0.29) is 5.97 Å². The first-order valence-electron chi connectivity index (χ1n) is 6.39. The molecule has 3 nitrogen and oxygen atoms in total. The molecule has 98 valence electrons. The van der Waals surface area contributed by atoms with Crippen LogP contribution >= 0.6 is 11.8 Å². The number of carbonyl (C=O) groups is 1. The van der Waals surface area contributed by atoms with E-state index in [9.17, 15) is 4.79 Å². The number of hydrogen-bond donors (Lipinski definition) is 1. The minimum Gasteiger partial charge on any atom is -0.466 e. The molecule has 1 unspecified atom stereocenters. The van der Waals surface area contributed by atoms with Crippen molar-refractivity contribution in [2.24, 2.45) is 0 Å². The lowest BCUT2D eigenvalue weighted by Crippen LogP contribution is -2.24. The third-order valence-electron chi connectivity index (χ3n) is 3.00. The number of hydrogen-bond acceptors (Lipinski definition) is 4. The fourth-order valence-corrected chi connectivity index (χ4v) is 3.35. The van der Waals surface area contributed by atoms with E-state index in [1.54, 1.807) is 0 Å². The fraction of sp³-hybridized carbons (Fsp3) is 0.500. The van der Waals surface area contributed by atoms with E-state index in [1.807, 2.05) is 18.7 Å². The predicted octanol–water partition coefficient (Wildman–Crippen LogP) is 2.42. The first kappa shape index (κ1) is 13.4. The Kier molecular flexibility index (Phi) is 5.08. The van der Waals surface area contributed by atoms with Gasteiger partial charge in [-0.3, -0.25) is 4.79 Å². The van der Waals surface area contributed by atoms with Gasteiger partial charge in [0.2, 0.25) is 0 Å². The smallest absolute Gasteiger partial charge is 0.307 e. The lowest BCUT2D eigenvalue weighted by atomic mass is 10.0. The van der Waals surface area contributed by atoms with Gasteiger partial charge in [-0.2, -0.15) is 0 Å². The molecule has 0 radical (unpaired) electrons. The lowest BCUT2D eigenvalue weighted by Gasteiger charge is -2.11. The van der Waals surface area contributed by atoms with Gasteiger partial charge < -0.3 is 10.1 Å². The molecule has 0 saturated carbocycles. The van der Waals surface area contributed by atoms with E-state index in [1.165, 1.54) is 10.5 Å². The van der Waals surface area contributed by atoms with Gasteiger partial charge in [0.05, 0.1) is 13.0 Å². The van der Waals surface area contributed by atoms with Gasteiger partial charge in [0.1, 0.15) is 0 Å². The Hall–Kier alpha value is -1.00. The van der Waals surface area contributed by atoms with E-state index < -0.39 is 0 Å². The highest BCUT2D eigenvalue weighted by molar-refractivity contribution is 7.99. The summed E-state index contributed by atoms with van der Waals surface area (Å²) in [6.07, 6.45) is 0.454. The average molecular weight is 265 g/mol. The number of rotatable bonds is 6. The Balaban J connectivity index is 1.71. The predicted molar refractivity (Wildman–Crippen MR) is 74.0 cm³/mol. The fourth-order valence-electron chi connectivity index (χ4n) is 2.10. The summed E-state index contributed by atoms with van der Waals surface area (Å²) in [7, 11) is 0. The summed E-state index contributed by atoms with van der Waals surface area (Å²) in [6.45, 7) is 3.93. The van der Waals surface area contributed by atoms with Crippen LogP contribution in [0.25, 0.3) is 0 Å². The van der Waals surface area contributed by atoms with Gasteiger partial charge in [-0.1, -0.05) is 18.2 Å². The highest BCUT2D eigenvalue weighted by atomic mass is 32.2. The number of fused-ring (bicyclic) bond motifs is 1. The highest BCUT2D eigenvalue weighted by Gasteiger charge is 2.21. The second-order valence-corrected chi connectivity index (χ2v) is 5.37. The van der Waals surface area contributed by atoms with Crippen LogP contribution in [-0.4, -0.2) is 31.4 Å². The normalized spacial score (nSPS) is 17.5. The molecule has 1 atom stereocenters. The maximum absolute atomic E-state index is 11.2. The molecule has 2 rings (SSSR count). The molecular weight excluding hydrogens is 246 g/mol. The molecule has 0 spiro atoms. The van der Waals surface area contributed by atoms with Crippen LogP contribution in [0.3, 0.4) is 0 Å². The molecule has 1 aliphatic heterocycles. The molecular formula is C14H19NO2S. The van der Waals surface area contributed by atoms with Crippen LogP contribution in [0.5, 0.6) is 0 Å². The molecule has 18 heavy (non-hydrogen) atoms. The van der Waals surface area contributed by atoms with Crippen LogP contribution in [0, 0.1) is 0 Å². The second kappa shape index (κ2) is 6.81. The first-order valence-corrected chi connectivity index (χ1v) is 7.38. The van der Waals surface area contributed by atoms with Crippen molar-refractivity contribution in [1.29, 1.82) is 0 Å².